The Bertz CT molecular complexity index is 696. The maximum atomic E-state index is 12.3. The number of anilines is 1. The molecular formula is C18H26ClN3O4. The lowest BCUT2D eigenvalue weighted by Gasteiger charge is -2.21. The SMILES string of the molecule is CC(C)(C)NC(=O)Nc1ccc(Cl)c(C(=O)NCCC(C)(C)C(=O)O)c1. The van der Waals surface area contributed by atoms with Crippen LogP contribution in [-0.4, -0.2) is 35.1 Å². The van der Waals surface area contributed by atoms with E-state index in [0.29, 0.717) is 5.69 Å². The molecule has 0 atom stereocenters. The summed E-state index contributed by atoms with van der Waals surface area (Å²) in [7, 11) is 0. The number of aliphatic carboxylic acids is 1. The van der Waals surface area contributed by atoms with E-state index in [1.807, 2.05) is 20.8 Å². The highest BCUT2D eigenvalue weighted by molar-refractivity contribution is 6.34. The molecule has 4 N–H and O–H groups in total. The van der Waals surface area contributed by atoms with Crippen LogP contribution < -0.4 is 16.0 Å². The molecule has 0 aliphatic heterocycles. The Morgan fingerprint density at radius 3 is 2.27 bits per heavy atom. The first-order valence-electron chi connectivity index (χ1n) is 8.22. The largest absolute Gasteiger partial charge is 0.481 e. The molecule has 0 aliphatic carbocycles. The van der Waals surface area contributed by atoms with E-state index in [9.17, 15) is 14.4 Å². The lowest BCUT2D eigenvalue weighted by molar-refractivity contribution is -0.147. The van der Waals surface area contributed by atoms with Gasteiger partial charge in [0.15, 0.2) is 0 Å². The van der Waals surface area contributed by atoms with Crippen LogP contribution >= 0.6 is 11.6 Å². The average molecular weight is 384 g/mol. The third-order valence-electron chi connectivity index (χ3n) is 3.57. The van der Waals surface area contributed by atoms with Gasteiger partial charge in [0, 0.05) is 17.8 Å². The molecule has 1 aromatic carbocycles. The van der Waals surface area contributed by atoms with Gasteiger partial charge in [-0.2, -0.15) is 0 Å². The quantitative estimate of drug-likeness (QED) is 0.603. The predicted molar refractivity (Wildman–Crippen MR) is 102 cm³/mol. The van der Waals surface area contributed by atoms with E-state index in [-0.39, 0.29) is 23.6 Å². The number of urea groups is 1. The van der Waals surface area contributed by atoms with Gasteiger partial charge in [-0.05, 0) is 59.2 Å². The molecule has 0 saturated carbocycles. The van der Waals surface area contributed by atoms with E-state index in [4.69, 9.17) is 16.7 Å². The minimum Gasteiger partial charge on any atom is -0.481 e. The summed E-state index contributed by atoms with van der Waals surface area (Å²) in [6.45, 7) is 8.93. The molecule has 0 radical (unpaired) electrons. The van der Waals surface area contributed by atoms with Crippen LogP contribution in [0.4, 0.5) is 10.5 Å². The van der Waals surface area contributed by atoms with Crippen LogP contribution in [0, 0.1) is 5.41 Å². The maximum Gasteiger partial charge on any atom is 0.319 e. The normalized spacial score (nSPS) is 11.6. The van der Waals surface area contributed by atoms with Crippen LogP contribution in [0.5, 0.6) is 0 Å². The van der Waals surface area contributed by atoms with Gasteiger partial charge >= 0.3 is 12.0 Å². The molecular weight excluding hydrogens is 358 g/mol. The number of carboxylic acid groups (broad SMARTS) is 1. The van der Waals surface area contributed by atoms with Crippen LogP contribution in [0.25, 0.3) is 0 Å². The number of carbonyl (C=O) groups excluding carboxylic acids is 2. The summed E-state index contributed by atoms with van der Waals surface area (Å²) in [4.78, 5) is 35.3. The molecule has 26 heavy (non-hydrogen) atoms. The Hall–Kier alpha value is -2.28. The third kappa shape index (κ3) is 6.92. The van der Waals surface area contributed by atoms with Crippen LogP contribution in [0.2, 0.25) is 5.02 Å². The second kappa shape index (κ2) is 8.40. The summed E-state index contributed by atoms with van der Waals surface area (Å²) >= 11 is 6.07. The van der Waals surface area contributed by atoms with Gasteiger partial charge in [0.2, 0.25) is 0 Å². The van der Waals surface area contributed by atoms with Crippen molar-refractivity contribution in [2.24, 2.45) is 5.41 Å². The van der Waals surface area contributed by atoms with Crippen molar-refractivity contribution < 1.29 is 19.5 Å². The summed E-state index contributed by atoms with van der Waals surface area (Å²) in [5, 5.41) is 17.4. The van der Waals surface area contributed by atoms with Gasteiger partial charge in [-0.25, -0.2) is 4.79 Å². The highest BCUT2D eigenvalue weighted by Gasteiger charge is 2.26. The van der Waals surface area contributed by atoms with E-state index >= 15 is 0 Å². The number of benzene rings is 1. The number of hydrogen-bond donors (Lipinski definition) is 4. The first-order valence-corrected chi connectivity index (χ1v) is 8.60. The standard InChI is InChI=1S/C18H26ClN3O4/c1-17(2,3)22-16(26)21-11-6-7-13(19)12(10-11)14(23)20-9-8-18(4,5)15(24)25/h6-7,10H,8-9H2,1-5H3,(H,20,23)(H,24,25)(H2,21,22,26). The highest BCUT2D eigenvalue weighted by Crippen LogP contribution is 2.22. The minimum absolute atomic E-state index is 0.191. The molecule has 0 saturated heterocycles. The van der Waals surface area contributed by atoms with Crippen molar-refractivity contribution in [2.75, 3.05) is 11.9 Å². The molecule has 3 amide bonds. The zero-order chi connectivity index (χ0) is 20.1. The second-order valence-electron chi connectivity index (χ2n) is 7.72. The van der Waals surface area contributed by atoms with E-state index in [2.05, 4.69) is 16.0 Å². The molecule has 0 fully saturated rings. The fraction of sp³-hybridized carbons (Fsp3) is 0.500. The number of hydrogen-bond acceptors (Lipinski definition) is 3. The van der Waals surface area contributed by atoms with Crippen LogP contribution in [0.3, 0.4) is 0 Å². The number of carboxylic acids is 1. The molecule has 0 unspecified atom stereocenters. The molecule has 1 aromatic rings. The topological polar surface area (TPSA) is 108 Å². The van der Waals surface area contributed by atoms with Crippen molar-refractivity contribution >= 4 is 35.2 Å². The maximum absolute atomic E-state index is 12.3. The van der Waals surface area contributed by atoms with Gasteiger partial charge in [-0.3, -0.25) is 9.59 Å². The van der Waals surface area contributed by atoms with Crippen LogP contribution in [0.15, 0.2) is 18.2 Å². The second-order valence-corrected chi connectivity index (χ2v) is 8.13. The van der Waals surface area contributed by atoms with Gasteiger partial charge in [0.1, 0.15) is 0 Å². The summed E-state index contributed by atoms with van der Waals surface area (Å²) < 4.78 is 0. The Morgan fingerprint density at radius 1 is 1.12 bits per heavy atom. The number of nitrogens with one attached hydrogen (secondary N) is 3. The third-order valence-corrected chi connectivity index (χ3v) is 3.90. The summed E-state index contributed by atoms with van der Waals surface area (Å²) in [6.07, 6.45) is 0.275. The Labute approximate surface area is 158 Å². The molecule has 0 bridgehead atoms. The average Bonchev–Trinajstić information content (AvgIpc) is 2.46. The van der Waals surface area contributed by atoms with Crippen molar-refractivity contribution in [1.82, 2.24) is 10.6 Å². The molecule has 0 spiro atoms. The van der Waals surface area contributed by atoms with Gasteiger partial charge < -0.3 is 21.1 Å². The first kappa shape index (κ1) is 21.8. The molecule has 0 heterocycles. The molecule has 8 heteroatoms. The predicted octanol–water partition coefficient (Wildman–Crippen LogP) is 3.49. The van der Waals surface area contributed by atoms with Crippen molar-refractivity contribution in [3.05, 3.63) is 28.8 Å². The number of rotatable bonds is 6. The smallest absolute Gasteiger partial charge is 0.319 e. The lowest BCUT2D eigenvalue weighted by atomic mass is 9.90. The summed E-state index contributed by atoms with van der Waals surface area (Å²) in [5.41, 5.74) is -0.709. The molecule has 0 aliphatic rings. The zero-order valence-electron chi connectivity index (χ0n) is 15.7. The van der Waals surface area contributed by atoms with Crippen molar-refractivity contribution in [3.63, 3.8) is 0 Å². The fourth-order valence-corrected chi connectivity index (χ4v) is 2.17. The zero-order valence-corrected chi connectivity index (χ0v) is 16.5. The van der Waals surface area contributed by atoms with Crippen molar-refractivity contribution in [1.29, 1.82) is 0 Å². The van der Waals surface area contributed by atoms with Gasteiger partial charge in [-0.1, -0.05) is 11.6 Å². The monoisotopic (exact) mass is 383 g/mol. The van der Waals surface area contributed by atoms with E-state index < -0.39 is 28.9 Å². The Morgan fingerprint density at radius 2 is 1.73 bits per heavy atom. The fourth-order valence-electron chi connectivity index (χ4n) is 1.97. The minimum atomic E-state index is -0.939. The van der Waals surface area contributed by atoms with Crippen LogP contribution in [-0.2, 0) is 4.79 Å². The van der Waals surface area contributed by atoms with E-state index in [0.717, 1.165) is 0 Å². The number of halogens is 1. The molecule has 7 nitrogen and oxygen atoms in total. The molecule has 1 rings (SSSR count). The van der Waals surface area contributed by atoms with E-state index in [1.54, 1.807) is 19.9 Å². The molecule has 144 valence electrons. The number of amides is 3. The highest BCUT2D eigenvalue weighted by atomic mass is 35.5. The summed E-state index contributed by atoms with van der Waals surface area (Å²) in [6, 6.07) is 4.19. The lowest BCUT2D eigenvalue weighted by Crippen LogP contribution is -2.43. The van der Waals surface area contributed by atoms with E-state index in [1.165, 1.54) is 12.1 Å². The summed E-state index contributed by atoms with van der Waals surface area (Å²) in [5.74, 6) is -1.36. The van der Waals surface area contributed by atoms with Crippen molar-refractivity contribution in [2.45, 2.75) is 46.6 Å². The van der Waals surface area contributed by atoms with Gasteiger partial charge in [-0.15, -0.1) is 0 Å². The van der Waals surface area contributed by atoms with Gasteiger partial charge in [0.25, 0.3) is 5.91 Å². The first-order chi connectivity index (χ1) is 11.8. The van der Waals surface area contributed by atoms with Gasteiger partial charge in [0.05, 0.1) is 16.0 Å². The Balaban J connectivity index is 2.76. The molecule has 0 aromatic heterocycles. The number of carbonyl (C=O) groups is 3. The van der Waals surface area contributed by atoms with Crippen LogP contribution in [0.1, 0.15) is 51.4 Å². The Kier molecular flexibility index (Phi) is 7.03. The van der Waals surface area contributed by atoms with Crippen molar-refractivity contribution in [3.8, 4) is 0 Å².